The molecule has 0 spiro atoms. The van der Waals surface area contributed by atoms with Crippen LogP contribution in [-0.2, 0) is 19.3 Å². The lowest BCUT2D eigenvalue weighted by Gasteiger charge is -2.36. The Balaban J connectivity index is 1.49. The van der Waals surface area contributed by atoms with Crippen LogP contribution in [0, 0.1) is 0 Å². The molecular formula is C28H38F3N3O5S. The van der Waals surface area contributed by atoms with Crippen LogP contribution in [0.25, 0.3) is 0 Å². The highest BCUT2D eigenvalue weighted by molar-refractivity contribution is 7.92. The van der Waals surface area contributed by atoms with Crippen molar-refractivity contribution in [2.75, 3.05) is 38.1 Å². The summed E-state index contributed by atoms with van der Waals surface area (Å²) in [6.07, 6.45) is 9.31. The van der Waals surface area contributed by atoms with Gasteiger partial charge in [-0.2, -0.15) is 13.2 Å². The molecule has 1 saturated heterocycles. The fourth-order valence-corrected chi connectivity index (χ4v) is 5.42. The quantitative estimate of drug-likeness (QED) is 0.272. The second-order valence-electron chi connectivity index (χ2n) is 9.76. The number of sulfone groups is 1. The molecule has 1 aliphatic carbocycles. The lowest BCUT2D eigenvalue weighted by atomic mass is 9.92. The number of amides is 1. The average Bonchev–Trinajstić information content (AvgIpc) is 2.94. The van der Waals surface area contributed by atoms with Crippen molar-refractivity contribution < 1.29 is 35.9 Å². The van der Waals surface area contributed by atoms with E-state index in [2.05, 4.69) is 16.8 Å². The van der Waals surface area contributed by atoms with Crippen LogP contribution >= 0.6 is 0 Å². The molecule has 12 heteroatoms. The maximum Gasteiger partial charge on any atom is 0.501 e. The van der Waals surface area contributed by atoms with Gasteiger partial charge in [-0.25, -0.2) is 13.2 Å². The van der Waals surface area contributed by atoms with Gasteiger partial charge in [0.05, 0.1) is 17.6 Å². The van der Waals surface area contributed by atoms with Gasteiger partial charge < -0.3 is 24.6 Å². The first-order valence-corrected chi connectivity index (χ1v) is 15.0. The molecule has 40 heavy (non-hydrogen) atoms. The lowest BCUT2D eigenvalue weighted by Crippen LogP contribution is -2.48. The van der Waals surface area contributed by atoms with Crippen molar-refractivity contribution in [3.63, 3.8) is 0 Å². The Kier molecular flexibility index (Phi) is 11.0. The number of benzene rings is 1. The summed E-state index contributed by atoms with van der Waals surface area (Å²) < 4.78 is 72.9. The molecular weight excluding hydrogens is 547 g/mol. The van der Waals surface area contributed by atoms with Crippen LogP contribution in [0.15, 0.2) is 65.4 Å². The number of ether oxygens (including phenoxy) is 2. The number of carbonyl (C=O) groups excluding carboxylic acids is 1. The number of alkyl halides is 3. The van der Waals surface area contributed by atoms with Crippen LogP contribution in [0.5, 0.6) is 0 Å². The Morgan fingerprint density at radius 2 is 1.68 bits per heavy atom. The molecule has 1 amide bonds. The Hall–Kier alpha value is -3.15. The number of anilines is 1. The number of hydrogen-bond donors (Lipinski definition) is 1. The average molecular weight is 586 g/mol. The molecule has 1 N–H and O–H groups in total. The molecule has 0 atom stereocenters. The third-order valence-electron chi connectivity index (χ3n) is 6.93. The molecule has 0 radical (unpaired) electrons. The standard InChI is InChI=1S/C28H38F3N3O5S/c1-4-19-38-27(35)34-17-15-33(16-18-34)23(5-2)20-24(6-3)39-25-11-7-21(8-12-25)32-22-9-13-26(14-10-22)40(36,37)28(29,30)31/h5-6,9-10,13-14,20-21,25,32H,2,4,7-8,11-12,15-19H2,1,3H3/b23-20+,24-6+. The highest BCUT2D eigenvalue weighted by Gasteiger charge is 2.46. The normalized spacial score (nSPS) is 21.1. The highest BCUT2D eigenvalue weighted by atomic mass is 32.2. The summed E-state index contributed by atoms with van der Waals surface area (Å²) in [6, 6.07) is 4.75. The van der Waals surface area contributed by atoms with Crippen LogP contribution < -0.4 is 5.32 Å². The van der Waals surface area contributed by atoms with E-state index >= 15 is 0 Å². The highest BCUT2D eigenvalue weighted by Crippen LogP contribution is 2.31. The minimum absolute atomic E-state index is 0.0102. The Labute approximate surface area is 234 Å². The molecule has 0 bridgehead atoms. The van der Waals surface area contributed by atoms with E-state index in [1.54, 1.807) is 11.0 Å². The number of halogens is 3. The fraction of sp³-hybridized carbons (Fsp3) is 0.536. The molecule has 1 aliphatic heterocycles. The van der Waals surface area contributed by atoms with E-state index in [-0.39, 0.29) is 18.2 Å². The topological polar surface area (TPSA) is 88.2 Å². The Morgan fingerprint density at radius 3 is 2.20 bits per heavy atom. The van der Waals surface area contributed by atoms with Gasteiger partial charge in [-0.3, -0.25) is 0 Å². The first kappa shape index (κ1) is 31.4. The van der Waals surface area contributed by atoms with Gasteiger partial charge in [0, 0.05) is 49.7 Å². The Bertz CT molecular complexity index is 1170. The number of nitrogens with zero attached hydrogens (tertiary/aromatic N) is 2. The first-order valence-electron chi connectivity index (χ1n) is 13.5. The summed E-state index contributed by atoms with van der Waals surface area (Å²) in [5.74, 6) is 0.734. The van der Waals surface area contributed by atoms with Crippen molar-refractivity contribution in [1.29, 1.82) is 0 Å². The number of rotatable bonds is 10. The molecule has 0 unspecified atom stereocenters. The minimum atomic E-state index is -5.36. The van der Waals surface area contributed by atoms with Crippen LogP contribution in [0.3, 0.4) is 0 Å². The molecule has 1 saturated carbocycles. The van der Waals surface area contributed by atoms with Gasteiger partial charge in [-0.1, -0.05) is 13.5 Å². The van der Waals surface area contributed by atoms with Gasteiger partial charge >= 0.3 is 11.6 Å². The second-order valence-corrected chi connectivity index (χ2v) is 11.7. The molecule has 1 heterocycles. The summed E-state index contributed by atoms with van der Waals surface area (Å²) in [4.78, 5) is 15.2. The van der Waals surface area contributed by atoms with Crippen LogP contribution in [0.2, 0.25) is 0 Å². The molecule has 8 nitrogen and oxygen atoms in total. The summed E-state index contributed by atoms with van der Waals surface area (Å²) in [6.45, 7) is 10.7. The number of allylic oxidation sites excluding steroid dienone is 3. The van der Waals surface area contributed by atoms with Crippen LogP contribution in [0.1, 0.15) is 46.0 Å². The smallest absolute Gasteiger partial charge is 0.491 e. The van der Waals surface area contributed by atoms with Crippen molar-refractivity contribution in [2.45, 2.75) is 68.5 Å². The lowest BCUT2D eigenvalue weighted by molar-refractivity contribution is -0.0436. The van der Waals surface area contributed by atoms with Gasteiger partial charge in [-0.15, -0.1) is 0 Å². The molecule has 1 aromatic carbocycles. The molecule has 1 aromatic rings. The molecule has 2 aliphatic rings. The third kappa shape index (κ3) is 8.18. The van der Waals surface area contributed by atoms with Crippen molar-refractivity contribution in [2.24, 2.45) is 0 Å². The van der Waals surface area contributed by atoms with Gasteiger partial charge in [-0.05, 0) is 75.4 Å². The SMILES string of the molecule is C=C/C(=C\C(=C/C)OC1CCC(Nc2ccc(S(=O)(=O)C(F)(F)F)cc2)CC1)N1CCN(C(=O)OCCC)CC1. The number of hydrogen-bond acceptors (Lipinski definition) is 7. The van der Waals surface area contributed by atoms with E-state index in [0.717, 1.165) is 55.7 Å². The van der Waals surface area contributed by atoms with Gasteiger partial charge in [0.2, 0.25) is 0 Å². The minimum Gasteiger partial charge on any atom is -0.491 e. The summed E-state index contributed by atoms with van der Waals surface area (Å²) >= 11 is 0. The summed E-state index contributed by atoms with van der Waals surface area (Å²) in [5.41, 5.74) is -3.84. The third-order valence-corrected chi connectivity index (χ3v) is 8.44. The van der Waals surface area contributed by atoms with E-state index in [0.29, 0.717) is 38.5 Å². The zero-order valence-corrected chi connectivity index (χ0v) is 23.8. The second kappa shape index (κ2) is 14.0. The summed E-state index contributed by atoms with van der Waals surface area (Å²) in [7, 11) is -5.36. The van der Waals surface area contributed by atoms with Crippen LogP contribution in [0.4, 0.5) is 23.7 Å². The maximum atomic E-state index is 12.8. The molecule has 0 aromatic heterocycles. The van der Waals surface area contributed by atoms with E-state index in [1.807, 2.05) is 26.0 Å². The Morgan fingerprint density at radius 1 is 1.07 bits per heavy atom. The number of piperazine rings is 1. The largest absolute Gasteiger partial charge is 0.501 e. The van der Waals surface area contributed by atoms with Gasteiger partial charge in [0.1, 0.15) is 5.76 Å². The molecule has 3 rings (SSSR count). The van der Waals surface area contributed by atoms with Crippen molar-refractivity contribution in [1.82, 2.24) is 9.80 Å². The zero-order chi connectivity index (χ0) is 29.3. The summed E-state index contributed by atoms with van der Waals surface area (Å²) in [5, 5.41) is 3.28. The maximum absolute atomic E-state index is 12.8. The number of nitrogens with one attached hydrogen (secondary N) is 1. The van der Waals surface area contributed by atoms with E-state index in [9.17, 15) is 26.4 Å². The molecule has 222 valence electrons. The van der Waals surface area contributed by atoms with E-state index in [1.165, 1.54) is 12.1 Å². The van der Waals surface area contributed by atoms with Crippen molar-refractivity contribution >= 4 is 21.6 Å². The van der Waals surface area contributed by atoms with E-state index < -0.39 is 20.2 Å². The van der Waals surface area contributed by atoms with Crippen molar-refractivity contribution in [3.8, 4) is 0 Å². The van der Waals surface area contributed by atoms with E-state index in [4.69, 9.17) is 9.47 Å². The first-order chi connectivity index (χ1) is 19.0. The van der Waals surface area contributed by atoms with Gasteiger partial charge in [0.15, 0.2) is 0 Å². The van der Waals surface area contributed by atoms with Crippen LogP contribution in [-0.4, -0.2) is 74.8 Å². The monoisotopic (exact) mass is 585 g/mol. The van der Waals surface area contributed by atoms with Gasteiger partial charge in [0.25, 0.3) is 9.84 Å². The predicted molar refractivity (Wildman–Crippen MR) is 147 cm³/mol. The number of carbonyl (C=O) groups is 1. The zero-order valence-electron chi connectivity index (χ0n) is 23.0. The molecule has 2 fully saturated rings. The fourth-order valence-electron chi connectivity index (χ4n) is 4.66. The van der Waals surface area contributed by atoms with Crippen molar-refractivity contribution in [3.05, 3.63) is 60.5 Å². The predicted octanol–water partition coefficient (Wildman–Crippen LogP) is 5.86.